The van der Waals surface area contributed by atoms with E-state index in [9.17, 15) is 43.2 Å². The van der Waals surface area contributed by atoms with Crippen molar-refractivity contribution in [1.29, 1.82) is 0 Å². The van der Waals surface area contributed by atoms with Crippen LogP contribution in [0.4, 0.5) is 0 Å². The van der Waals surface area contributed by atoms with Crippen molar-refractivity contribution in [2.24, 2.45) is 23.7 Å². The predicted molar refractivity (Wildman–Crippen MR) is 464 cm³/mol. The number of esters is 4. The number of rotatable bonds is 90. The number of phosphoric ester groups is 2. The van der Waals surface area contributed by atoms with E-state index >= 15 is 0 Å². The third-order valence-electron chi connectivity index (χ3n) is 22.9. The maximum atomic E-state index is 13.2. The summed E-state index contributed by atoms with van der Waals surface area (Å²) in [5.41, 5.74) is 0. The van der Waals surface area contributed by atoms with E-state index in [0.717, 1.165) is 114 Å². The van der Waals surface area contributed by atoms with Gasteiger partial charge in [0.25, 0.3) is 0 Å². The fourth-order valence-electron chi connectivity index (χ4n) is 14.5. The van der Waals surface area contributed by atoms with E-state index in [2.05, 4.69) is 55.4 Å². The summed E-state index contributed by atoms with van der Waals surface area (Å²) >= 11 is 0. The molecule has 0 amide bonds. The van der Waals surface area contributed by atoms with Gasteiger partial charge >= 0.3 is 39.5 Å². The van der Waals surface area contributed by atoms with Gasteiger partial charge in [-0.05, 0) is 49.4 Å². The minimum Gasteiger partial charge on any atom is -0.462 e. The van der Waals surface area contributed by atoms with Crippen molar-refractivity contribution in [2.75, 3.05) is 39.6 Å². The smallest absolute Gasteiger partial charge is 0.462 e. The molecule has 0 spiro atoms. The molecule has 0 saturated heterocycles. The molecule has 17 nitrogen and oxygen atoms in total. The Bertz CT molecular complexity index is 2170. The van der Waals surface area contributed by atoms with E-state index in [1.54, 1.807) is 0 Å². The molecular weight excluding hydrogens is 1450 g/mol. The molecule has 0 heterocycles. The summed E-state index contributed by atoms with van der Waals surface area (Å²) in [4.78, 5) is 73.5. The van der Waals surface area contributed by atoms with E-state index in [1.807, 2.05) is 0 Å². The second-order valence-electron chi connectivity index (χ2n) is 34.6. The molecule has 666 valence electrons. The van der Waals surface area contributed by atoms with E-state index in [0.29, 0.717) is 25.7 Å². The van der Waals surface area contributed by atoms with Gasteiger partial charge in [-0.3, -0.25) is 37.3 Å². The molecule has 8 atom stereocenters. The molecule has 112 heavy (non-hydrogen) atoms. The van der Waals surface area contributed by atoms with E-state index in [1.165, 1.54) is 295 Å². The minimum atomic E-state index is -4.97. The van der Waals surface area contributed by atoms with E-state index in [-0.39, 0.29) is 25.7 Å². The summed E-state index contributed by atoms with van der Waals surface area (Å²) in [6, 6.07) is 0. The molecule has 0 aromatic heterocycles. The summed E-state index contributed by atoms with van der Waals surface area (Å²) < 4.78 is 69.1. The number of aliphatic hydroxyl groups excluding tert-OH is 1. The molecule has 0 saturated carbocycles. The third kappa shape index (κ3) is 81.8. The summed E-state index contributed by atoms with van der Waals surface area (Å²) in [5.74, 6) is 1.21. The molecule has 19 heteroatoms. The first-order valence-corrected chi connectivity index (χ1v) is 50.8. The second-order valence-corrected chi connectivity index (χ2v) is 37.5. The number of ether oxygens (including phenoxy) is 4. The minimum absolute atomic E-state index is 0.107. The molecule has 0 bridgehead atoms. The number of hydrogen-bond acceptors (Lipinski definition) is 15. The van der Waals surface area contributed by atoms with Crippen LogP contribution in [0.5, 0.6) is 0 Å². The average Bonchev–Trinajstić information content (AvgIpc) is 0.899. The number of phosphoric acid groups is 2. The van der Waals surface area contributed by atoms with Crippen LogP contribution in [0.25, 0.3) is 0 Å². The van der Waals surface area contributed by atoms with Gasteiger partial charge in [0.15, 0.2) is 12.2 Å². The molecule has 0 aliphatic rings. The molecule has 5 unspecified atom stereocenters. The summed E-state index contributed by atoms with van der Waals surface area (Å²) in [6.45, 7) is 14.5. The molecule has 0 fully saturated rings. The molecule has 3 N–H and O–H groups in total. The lowest BCUT2D eigenvalue weighted by Gasteiger charge is -2.21. The first kappa shape index (κ1) is 110. The van der Waals surface area contributed by atoms with Crippen molar-refractivity contribution in [2.45, 2.75) is 510 Å². The summed E-state index contributed by atoms with van der Waals surface area (Å²) in [7, 11) is -9.94. The molecule has 0 radical (unpaired) electrons. The number of unbranched alkanes of at least 4 members (excludes halogenated alkanes) is 53. The van der Waals surface area contributed by atoms with Gasteiger partial charge in [0.05, 0.1) is 26.4 Å². The number of hydrogen-bond donors (Lipinski definition) is 3. The van der Waals surface area contributed by atoms with Crippen molar-refractivity contribution >= 4 is 39.5 Å². The number of carbonyl (C=O) groups is 4. The van der Waals surface area contributed by atoms with Gasteiger partial charge in [0.2, 0.25) is 0 Å². The van der Waals surface area contributed by atoms with Crippen LogP contribution in [-0.4, -0.2) is 96.7 Å². The maximum Gasteiger partial charge on any atom is 0.472 e. The van der Waals surface area contributed by atoms with Gasteiger partial charge in [-0.15, -0.1) is 0 Å². The highest BCUT2D eigenvalue weighted by Gasteiger charge is 2.31. The highest BCUT2D eigenvalue weighted by molar-refractivity contribution is 7.47. The SMILES string of the molecule is CCC(C)CCCCCCCCCCCCCCCCCCCCC(=O)OC[C@H](COP(=O)(O)OC[C@@H](O)COP(=O)(O)OC[C@@H](COC(=O)CCCCCCCCCCC(C)CC)OC(=O)CCCCCCCCCCCCCCCC(C)C)OC(=O)CCCCCCCCCCCCCCCCCCCCC(C)CC. The molecule has 0 aliphatic carbocycles. The van der Waals surface area contributed by atoms with Crippen LogP contribution < -0.4 is 0 Å². The number of aliphatic hydroxyl groups is 1. The standard InChI is InChI=1S/C93H182O17P2/c1-9-84(6)70-62-54-46-38-32-26-20-16-12-14-18-22-28-34-40-49-57-65-73-90(95)103-79-88(109-92(97)75-67-59-51-41-35-29-23-19-15-13-17-21-27-33-39-47-55-63-71-85(7)10-2)81-107-111(99,100)105-77-87(94)78-106-112(101,102)108-82-89(80-104-91(96)74-66-58-50-44-43-48-56-64-72-86(8)11-3)110-93(98)76-68-60-52-42-36-30-24-25-31-37-45-53-61-69-83(4)5/h83-89,94H,9-82H2,1-8H3,(H,99,100)(H,101,102)/t84?,85?,86?,87-,88-,89-/m1/s1. The lowest BCUT2D eigenvalue weighted by molar-refractivity contribution is -0.161. The normalized spacial score (nSPS) is 14.5. The fraction of sp³-hybridized carbons (Fsp3) is 0.957. The Kier molecular flexibility index (Phi) is 80.0. The molecule has 0 aromatic rings. The Labute approximate surface area is 689 Å². The molecular formula is C93H182O17P2. The van der Waals surface area contributed by atoms with Crippen molar-refractivity contribution in [3.05, 3.63) is 0 Å². The van der Waals surface area contributed by atoms with Gasteiger partial charge in [0, 0.05) is 25.7 Å². The van der Waals surface area contributed by atoms with Crippen LogP contribution in [0.1, 0.15) is 492 Å². The van der Waals surface area contributed by atoms with Gasteiger partial charge in [-0.2, -0.15) is 0 Å². The van der Waals surface area contributed by atoms with Gasteiger partial charge in [0.1, 0.15) is 19.3 Å². The van der Waals surface area contributed by atoms with Crippen LogP contribution in [0.3, 0.4) is 0 Å². The average molecular weight is 1630 g/mol. The van der Waals surface area contributed by atoms with Crippen molar-refractivity contribution in [3.8, 4) is 0 Å². The van der Waals surface area contributed by atoms with Crippen molar-refractivity contribution < 1.29 is 80.2 Å². The lowest BCUT2D eigenvalue weighted by Crippen LogP contribution is -2.30. The maximum absolute atomic E-state index is 13.2. The first-order chi connectivity index (χ1) is 54.2. The van der Waals surface area contributed by atoms with Gasteiger partial charge in [-0.25, -0.2) is 9.13 Å². The number of carbonyl (C=O) groups excluding carboxylic acids is 4. The van der Waals surface area contributed by atoms with Crippen LogP contribution >= 0.6 is 15.6 Å². The largest absolute Gasteiger partial charge is 0.472 e. The Balaban J connectivity index is 5.25. The second kappa shape index (κ2) is 81.4. The highest BCUT2D eigenvalue weighted by Crippen LogP contribution is 2.45. The van der Waals surface area contributed by atoms with Gasteiger partial charge < -0.3 is 33.8 Å². The Morgan fingerprint density at radius 1 is 0.250 bits per heavy atom. The Morgan fingerprint density at radius 2 is 0.429 bits per heavy atom. The van der Waals surface area contributed by atoms with Crippen LogP contribution in [0.15, 0.2) is 0 Å². The first-order valence-electron chi connectivity index (χ1n) is 47.8. The van der Waals surface area contributed by atoms with Gasteiger partial charge in [-0.1, -0.05) is 441 Å². The zero-order valence-corrected chi connectivity index (χ0v) is 76.1. The Morgan fingerprint density at radius 3 is 0.634 bits per heavy atom. The van der Waals surface area contributed by atoms with E-state index < -0.39 is 97.5 Å². The lowest BCUT2D eigenvalue weighted by atomic mass is 9.99. The van der Waals surface area contributed by atoms with Crippen LogP contribution in [-0.2, 0) is 65.4 Å². The highest BCUT2D eigenvalue weighted by atomic mass is 31.2. The molecule has 0 rings (SSSR count). The monoisotopic (exact) mass is 1630 g/mol. The van der Waals surface area contributed by atoms with Crippen molar-refractivity contribution in [3.63, 3.8) is 0 Å². The predicted octanol–water partition coefficient (Wildman–Crippen LogP) is 28.7. The molecule has 0 aromatic carbocycles. The summed E-state index contributed by atoms with van der Waals surface area (Å²) in [5, 5.41) is 10.7. The third-order valence-corrected chi connectivity index (χ3v) is 24.8. The molecule has 0 aliphatic heterocycles. The summed E-state index contributed by atoms with van der Waals surface area (Å²) in [6.07, 6.45) is 73.5. The Hall–Kier alpha value is -1.94. The quantitative estimate of drug-likeness (QED) is 0.0222. The fourth-order valence-corrected chi connectivity index (χ4v) is 16.0. The zero-order chi connectivity index (χ0) is 82.3. The van der Waals surface area contributed by atoms with Crippen LogP contribution in [0, 0.1) is 23.7 Å². The zero-order valence-electron chi connectivity index (χ0n) is 74.3. The van der Waals surface area contributed by atoms with E-state index in [4.69, 9.17) is 37.0 Å². The van der Waals surface area contributed by atoms with Crippen molar-refractivity contribution in [1.82, 2.24) is 0 Å². The topological polar surface area (TPSA) is 237 Å². The van der Waals surface area contributed by atoms with Crippen LogP contribution in [0.2, 0.25) is 0 Å².